The molecule has 2 aromatic carbocycles. The van der Waals surface area contributed by atoms with E-state index in [1.54, 1.807) is 22.9 Å². The third kappa shape index (κ3) is 3.81. The van der Waals surface area contributed by atoms with Gasteiger partial charge in [0.15, 0.2) is 5.65 Å². The van der Waals surface area contributed by atoms with Crippen LogP contribution in [0.1, 0.15) is 18.3 Å². The molecule has 1 saturated heterocycles. The number of fused-ring (bicyclic) bond motifs is 1. The summed E-state index contributed by atoms with van der Waals surface area (Å²) in [6.45, 7) is 2.45. The maximum absolute atomic E-state index is 13.8. The van der Waals surface area contributed by atoms with Crippen molar-refractivity contribution in [2.45, 2.75) is 19.0 Å². The fraction of sp³-hybridized carbons (Fsp3) is 0.222. The van der Waals surface area contributed by atoms with Crippen molar-refractivity contribution in [3.8, 4) is 22.6 Å². The first kappa shape index (κ1) is 21.4. The summed E-state index contributed by atoms with van der Waals surface area (Å²) in [5.41, 5.74) is 4.27. The van der Waals surface area contributed by atoms with Crippen molar-refractivity contribution >= 4 is 11.2 Å². The molecule has 0 aliphatic carbocycles. The molecule has 1 atom stereocenters. The van der Waals surface area contributed by atoms with Crippen molar-refractivity contribution < 1.29 is 5.11 Å². The first-order valence-electron chi connectivity index (χ1n) is 11.7. The largest absolute Gasteiger partial charge is 0.508 e. The molecular formula is C27H26N6O2. The van der Waals surface area contributed by atoms with Crippen LogP contribution in [0.5, 0.6) is 5.75 Å². The van der Waals surface area contributed by atoms with Crippen LogP contribution in [0.15, 0.2) is 84.0 Å². The molecule has 35 heavy (non-hydrogen) atoms. The number of nitrogens with zero attached hydrogens (tertiary/aromatic N) is 6. The van der Waals surface area contributed by atoms with Gasteiger partial charge in [-0.25, -0.2) is 14.8 Å². The first-order chi connectivity index (χ1) is 17.1. The molecule has 1 N–H and O–H groups in total. The van der Waals surface area contributed by atoms with Crippen molar-refractivity contribution in [2.24, 2.45) is 7.05 Å². The fourth-order valence-corrected chi connectivity index (χ4v) is 5.00. The van der Waals surface area contributed by atoms with E-state index < -0.39 is 0 Å². The number of aromatic nitrogens is 5. The summed E-state index contributed by atoms with van der Waals surface area (Å²) in [4.78, 5) is 25.2. The minimum Gasteiger partial charge on any atom is -0.508 e. The van der Waals surface area contributed by atoms with Crippen LogP contribution >= 0.6 is 0 Å². The lowest BCUT2D eigenvalue weighted by molar-refractivity contribution is 0.304. The van der Waals surface area contributed by atoms with Crippen LogP contribution in [0.4, 0.5) is 0 Å². The quantitative estimate of drug-likeness (QED) is 0.427. The van der Waals surface area contributed by atoms with Crippen molar-refractivity contribution in [3.63, 3.8) is 0 Å². The Kier molecular flexibility index (Phi) is 5.22. The molecule has 8 heteroatoms. The van der Waals surface area contributed by atoms with Crippen LogP contribution in [-0.2, 0) is 13.6 Å². The number of pyridine rings is 1. The van der Waals surface area contributed by atoms with Crippen LogP contribution in [0.25, 0.3) is 28.0 Å². The van der Waals surface area contributed by atoms with Crippen LogP contribution in [0.3, 0.4) is 0 Å². The number of hydrogen-bond donors (Lipinski definition) is 1. The van der Waals surface area contributed by atoms with Gasteiger partial charge in [-0.3, -0.25) is 14.0 Å². The average molecular weight is 467 g/mol. The minimum absolute atomic E-state index is 0.0534. The van der Waals surface area contributed by atoms with Crippen LogP contribution < -0.4 is 5.69 Å². The summed E-state index contributed by atoms with van der Waals surface area (Å²) in [6.07, 6.45) is 6.41. The van der Waals surface area contributed by atoms with E-state index in [1.165, 1.54) is 0 Å². The molecule has 0 bridgehead atoms. The van der Waals surface area contributed by atoms with Crippen molar-refractivity contribution in [1.82, 2.24) is 28.6 Å². The van der Waals surface area contributed by atoms with E-state index in [9.17, 15) is 9.90 Å². The summed E-state index contributed by atoms with van der Waals surface area (Å²) in [7, 11) is 2.00. The molecule has 5 aromatic rings. The van der Waals surface area contributed by atoms with Crippen molar-refractivity contribution in [3.05, 3.63) is 95.6 Å². The number of aromatic hydroxyl groups is 1. The lowest BCUT2D eigenvalue weighted by Gasteiger charge is -2.16. The molecule has 0 radical (unpaired) electrons. The van der Waals surface area contributed by atoms with Gasteiger partial charge in [0.1, 0.15) is 11.6 Å². The van der Waals surface area contributed by atoms with Crippen molar-refractivity contribution in [2.75, 3.05) is 13.1 Å². The molecule has 0 saturated carbocycles. The number of phenols is 1. The molecule has 0 amide bonds. The second kappa shape index (κ2) is 8.56. The first-order valence-corrected chi connectivity index (χ1v) is 11.7. The highest BCUT2D eigenvalue weighted by molar-refractivity contribution is 5.75. The van der Waals surface area contributed by atoms with Gasteiger partial charge >= 0.3 is 5.69 Å². The zero-order chi connectivity index (χ0) is 23.9. The van der Waals surface area contributed by atoms with Crippen LogP contribution in [-0.4, -0.2) is 46.8 Å². The monoisotopic (exact) mass is 466 g/mol. The Hall–Kier alpha value is -4.17. The molecule has 1 fully saturated rings. The predicted octanol–water partition coefficient (Wildman–Crippen LogP) is 3.74. The Morgan fingerprint density at radius 1 is 0.971 bits per heavy atom. The Labute approximate surface area is 202 Å². The maximum Gasteiger partial charge on any atom is 0.335 e. The summed E-state index contributed by atoms with van der Waals surface area (Å²) in [5.74, 6) is 1.26. The van der Waals surface area contributed by atoms with Gasteiger partial charge in [-0.2, -0.15) is 0 Å². The maximum atomic E-state index is 13.8. The van der Waals surface area contributed by atoms with Crippen molar-refractivity contribution in [1.29, 1.82) is 0 Å². The van der Waals surface area contributed by atoms with Gasteiger partial charge < -0.3 is 9.67 Å². The van der Waals surface area contributed by atoms with Gasteiger partial charge in [-0.15, -0.1) is 0 Å². The standard InChI is InChI=1S/C27H26N6O2/c1-30-16-14-28-25(30)18-31-15-12-22(17-31)33-26-24(3-2-13-29-26)32(27(33)35)21-8-4-19(5-9-21)20-6-10-23(34)11-7-20/h2-11,13-14,16,22,34H,12,15,17-18H2,1H3/t22-/m0/s1. The number of likely N-dealkylation sites (tertiary alicyclic amines) is 1. The van der Waals surface area contributed by atoms with E-state index in [4.69, 9.17) is 0 Å². The van der Waals surface area contributed by atoms with Gasteiger partial charge in [-0.05, 0) is 53.9 Å². The second-order valence-electron chi connectivity index (χ2n) is 9.06. The number of imidazole rings is 2. The minimum atomic E-state index is -0.0695. The molecule has 1 aliphatic heterocycles. The topological polar surface area (TPSA) is 81.1 Å². The summed E-state index contributed by atoms with van der Waals surface area (Å²) < 4.78 is 5.65. The highest BCUT2D eigenvalue weighted by Crippen LogP contribution is 2.27. The van der Waals surface area contributed by atoms with Crippen LogP contribution in [0, 0.1) is 0 Å². The number of hydrogen-bond acceptors (Lipinski definition) is 5. The highest BCUT2D eigenvalue weighted by atomic mass is 16.3. The third-order valence-corrected chi connectivity index (χ3v) is 6.86. The number of benzene rings is 2. The normalized spacial score (nSPS) is 16.3. The SMILES string of the molecule is Cn1ccnc1CN1CC[C@H](n2c(=O)n(-c3ccc(-c4ccc(O)cc4)cc3)c3cccnc32)C1. The Balaban J connectivity index is 1.34. The summed E-state index contributed by atoms with van der Waals surface area (Å²) in [6, 6.07) is 18.9. The van der Waals surface area contributed by atoms with Gasteiger partial charge in [0.05, 0.1) is 23.8 Å². The highest BCUT2D eigenvalue weighted by Gasteiger charge is 2.29. The lowest BCUT2D eigenvalue weighted by atomic mass is 10.1. The molecule has 8 nitrogen and oxygen atoms in total. The van der Waals surface area contributed by atoms with E-state index in [2.05, 4.69) is 14.9 Å². The zero-order valence-corrected chi connectivity index (χ0v) is 19.5. The second-order valence-corrected chi connectivity index (χ2v) is 9.06. The van der Waals surface area contributed by atoms with E-state index in [-0.39, 0.29) is 17.5 Å². The molecule has 0 spiro atoms. The van der Waals surface area contributed by atoms with Gasteiger partial charge in [0, 0.05) is 38.7 Å². The fourth-order valence-electron chi connectivity index (χ4n) is 5.00. The third-order valence-electron chi connectivity index (χ3n) is 6.86. The molecular weight excluding hydrogens is 440 g/mol. The molecule has 3 aromatic heterocycles. The average Bonchev–Trinajstić information content (AvgIpc) is 3.57. The van der Waals surface area contributed by atoms with Gasteiger partial charge in [0.2, 0.25) is 0 Å². The van der Waals surface area contributed by atoms with E-state index in [0.717, 1.165) is 54.2 Å². The number of phenolic OH excluding ortho intramolecular Hbond substituents is 1. The lowest BCUT2D eigenvalue weighted by Crippen LogP contribution is -2.29. The van der Waals surface area contributed by atoms with Gasteiger partial charge in [0.25, 0.3) is 0 Å². The Morgan fingerprint density at radius 2 is 1.71 bits per heavy atom. The summed E-state index contributed by atoms with van der Waals surface area (Å²) >= 11 is 0. The zero-order valence-electron chi connectivity index (χ0n) is 19.5. The Bertz CT molecular complexity index is 1550. The molecule has 6 rings (SSSR count). The number of rotatable bonds is 5. The molecule has 176 valence electrons. The molecule has 4 heterocycles. The summed E-state index contributed by atoms with van der Waals surface area (Å²) in [5, 5.41) is 9.56. The predicted molar refractivity (Wildman–Crippen MR) is 135 cm³/mol. The number of aryl methyl sites for hydroxylation is 1. The van der Waals surface area contributed by atoms with E-state index in [1.807, 2.05) is 77.1 Å². The van der Waals surface area contributed by atoms with Gasteiger partial charge in [-0.1, -0.05) is 24.3 Å². The molecule has 0 unspecified atom stereocenters. The van der Waals surface area contributed by atoms with E-state index in [0.29, 0.717) is 5.65 Å². The Morgan fingerprint density at radius 3 is 2.43 bits per heavy atom. The molecule has 1 aliphatic rings. The smallest absolute Gasteiger partial charge is 0.335 e. The van der Waals surface area contributed by atoms with E-state index >= 15 is 0 Å². The van der Waals surface area contributed by atoms with Crippen LogP contribution in [0.2, 0.25) is 0 Å².